The highest BCUT2D eigenvalue weighted by atomic mass is 35.5. The van der Waals surface area contributed by atoms with Gasteiger partial charge in [-0.1, -0.05) is 60.1 Å². The van der Waals surface area contributed by atoms with Crippen LogP contribution in [0.25, 0.3) is 22.3 Å². The van der Waals surface area contributed by atoms with E-state index >= 15 is 0 Å². The Morgan fingerprint density at radius 3 is 2.18 bits per heavy atom. The van der Waals surface area contributed by atoms with Crippen molar-refractivity contribution in [3.8, 4) is 28.0 Å². The average Bonchev–Trinajstić information content (AvgIpc) is 2.89. The maximum Gasteiger partial charge on any atom is 0.153 e. The van der Waals surface area contributed by atoms with E-state index < -0.39 is 6.04 Å². The predicted octanol–water partition coefficient (Wildman–Crippen LogP) is 7.17. The Bertz CT molecular complexity index is 1110. The maximum atomic E-state index is 12.4. The molecule has 0 saturated heterocycles. The summed E-state index contributed by atoms with van der Waals surface area (Å²) in [6.45, 7) is 2.63. The van der Waals surface area contributed by atoms with Gasteiger partial charge in [-0.3, -0.25) is 4.79 Å². The van der Waals surface area contributed by atoms with Crippen molar-refractivity contribution in [1.82, 2.24) is 0 Å². The molecule has 0 radical (unpaired) electrons. The van der Waals surface area contributed by atoms with Crippen LogP contribution in [0.1, 0.15) is 44.1 Å². The van der Waals surface area contributed by atoms with E-state index in [1.165, 1.54) is 5.56 Å². The van der Waals surface area contributed by atoms with Gasteiger partial charge in [-0.25, -0.2) is 0 Å². The second kappa shape index (κ2) is 11.4. The van der Waals surface area contributed by atoms with E-state index in [-0.39, 0.29) is 11.7 Å². The Kier molecular flexibility index (Phi) is 8.36. The Labute approximate surface area is 213 Å². The van der Waals surface area contributed by atoms with Crippen molar-refractivity contribution in [3.63, 3.8) is 0 Å². The number of nitrogens with two attached hydrogens (primary N) is 1. The van der Waals surface area contributed by atoms with E-state index in [1.807, 2.05) is 37.3 Å². The third-order valence-electron chi connectivity index (χ3n) is 6.85. The first-order valence-corrected chi connectivity index (χ1v) is 13.0. The molecule has 2 N–H and O–H groups in total. The van der Waals surface area contributed by atoms with E-state index in [4.69, 9.17) is 22.1 Å². The number of Topliss-reactive ketones (excluding diaryl/α,β-unsaturated/α-hetero) is 1. The molecule has 1 atom stereocenters. The average molecular weight is 494 g/mol. The van der Waals surface area contributed by atoms with Gasteiger partial charge in [0.2, 0.25) is 0 Å². The van der Waals surface area contributed by atoms with E-state index in [0.29, 0.717) is 18.3 Å². The molecular weight excluding hydrogens is 462 g/mol. The van der Waals surface area contributed by atoms with Crippen LogP contribution in [0.4, 0.5) is 0 Å². The summed E-state index contributed by atoms with van der Waals surface area (Å²) in [5.74, 6) is 2.05. The Morgan fingerprint density at radius 2 is 1.59 bits per heavy atom. The first-order valence-electron chi connectivity index (χ1n) is 12.0. The first kappa shape index (κ1) is 24.8. The van der Waals surface area contributed by atoms with Gasteiger partial charge in [-0.2, -0.15) is 12.6 Å². The van der Waals surface area contributed by atoms with Gasteiger partial charge in [0.25, 0.3) is 0 Å². The largest absolute Gasteiger partial charge is 0.494 e. The van der Waals surface area contributed by atoms with Crippen molar-refractivity contribution < 1.29 is 9.53 Å². The van der Waals surface area contributed by atoms with Crippen LogP contribution in [0.15, 0.2) is 66.7 Å². The Morgan fingerprint density at radius 1 is 0.971 bits per heavy atom. The molecule has 5 heteroatoms. The molecule has 3 aromatic rings. The molecule has 1 aliphatic carbocycles. The summed E-state index contributed by atoms with van der Waals surface area (Å²) < 4.78 is 5.53. The highest BCUT2D eigenvalue weighted by Crippen LogP contribution is 2.38. The molecule has 3 aromatic carbocycles. The minimum Gasteiger partial charge on any atom is -0.494 e. The van der Waals surface area contributed by atoms with Crippen LogP contribution in [-0.2, 0) is 4.79 Å². The van der Waals surface area contributed by atoms with Gasteiger partial charge in [0.15, 0.2) is 5.78 Å². The van der Waals surface area contributed by atoms with E-state index in [2.05, 4.69) is 49.0 Å². The summed E-state index contributed by atoms with van der Waals surface area (Å²) in [6, 6.07) is 22.6. The second-order valence-electron chi connectivity index (χ2n) is 9.01. The van der Waals surface area contributed by atoms with Gasteiger partial charge in [0, 0.05) is 22.3 Å². The quantitative estimate of drug-likeness (QED) is 0.327. The molecule has 0 unspecified atom stereocenters. The molecule has 4 rings (SSSR count). The molecular formula is C29H32ClNO2S. The van der Waals surface area contributed by atoms with Crippen molar-refractivity contribution >= 4 is 30.0 Å². The normalized spacial score (nSPS) is 18.9. The van der Waals surface area contributed by atoms with E-state index in [9.17, 15) is 4.79 Å². The SMILES string of the molecule is CCOc1ccc(-c2ccc(-c3ccc(C4CCC(C(=O)[C@@H](N)CS)CC4)cc3)cc2Cl)cc1. The lowest BCUT2D eigenvalue weighted by molar-refractivity contribution is -0.124. The molecule has 1 saturated carbocycles. The lowest BCUT2D eigenvalue weighted by Crippen LogP contribution is -2.38. The summed E-state index contributed by atoms with van der Waals surface area (Å²) in [4.78, 5) is 12.4. The number of ether oxygens (including phenoxy) is 1. The predicted molar refractivity (Wildman–Crippen MR) is 145 cm³/mol. The fourth-order valence-corrected chi connectivity index (χ4v) is 5.35. The van der Waals surface area contributed by atoms with Crippen LogP contribution < -0.4 is 10.5 Å². The zero-order chi connectivity index (χ0) is 24.1. The summed E-state index contributed by atoms with van der Waals surface area (Å²) in [5.41, 5.74) is 11.6. The van der Waals surface area contributed by atoms with Gasteiger partial charge in [0.1, 0.15) is 5.75 Å². The minimum absolute atomic E-state index is 0.0914. The summed E-state index contributed by atoms with van der Waals surface area (Å²) in [7, 11) is 0. The van der Waals surface area contributed by atoms with Crippen LogP contribution in [-0.4, -0.2) is 24.2 Å². The van der Waals surface area contributed by atoms with Crippen molar-refractivity contribution in [2.45, 2.75) is 44.6 Å². The van der Waals surface area contributed by atoms with Crippen LogP contribution in [0, 0.1) is 5.92 Å². The molecule has 1 fully saturated rings. The van der Waals surface area contributed by atoms with Crippen molar-refractivity contribution in [2.75, 3.05) is 12.4 Å². The molecule has 3 nitrogen and oxygen atoms in total. The lowest BCUT2D eigenvalue weighted by Gasteiger charge is -2.29. The van der Waals surface area contributed by atoms with Crippen molar-refractivity contribution in [1.29, 1.82) is 0 Å². The number of carbonyl (C=O) groups is 1. The third kappa shape index (κ3) is 5.68. The van der Waals surface area contributed by atoms with Crippen molar-refractivity contribution in [3.05, 3.63) is 77.3 Å². The van der Waals surface area contributed by atoms with Gasteiger partial charge < -0.3 is 10.5 Å². The highest BCUT2D eigenvalue weighted by molar-refractivity contribution is 7.80. The standard InChI is InChI=1S/C29H32ClNO2S/c1-2-33-25-14-11-22(12-15-25)26-16-13-24(17-27(26)30)21-5-3-19(4-6-21)20-7-9-23(10-8-20)29(32)28(31)18-34/h3-6,11-17,20,23,28,34H,2,7-10,18,31H2,1H3/t20?,23?,28-/m0/s1. The fraction of sp³-hybridized carbons (Fsp3) is 0.345. The van der Waals surface area contributed by atoms with Gasteiger partial charge in [-0.15, -0.1) is 0 Å². The van der Waals surface area contributed by atoms with E-state index in [0.717, 1.165) is 58.7 Å². The molecule has 1 aliphatic rings. The number of ketones is 1. The number of hydrogen-bond donors (Lipinski definition) is 2. The van der Waals surface area contributed by atoms with Crippen LogP contribution >= 0.6 is 24.2 Å². The zero-order valence-electron chi connectivity index (χ0n) is 19.5. The molecule has 178 valence electrons. The van der Waals surface area contributed by atoms with Gasteiger partial charge in [0.05, 0.1) is 12.6 Å². The third-order valence-corrected chi connectivity index (χ3v) is 7.56. The number of rotatable bonds is 8. The van der Waals surface area contributed by atoms with Crippen LogP contribution in [0.3, 0.4) is 0 Å². The molecule has 0 heterocycles. The molecule has 0 aromatic heterocycles. The van der Waals surface area contributed by atoms with Crippen LogP contribution in [0.5, 0.6) is 5.75 Å². The first-order chi connectivity index (χ1) is 16.5. The Hall–Kier alpha value is -2.27. The smallest absolute Gasteiger partial charge is 0.153 e. The molecule has 0 amide bonds. The van der Waals surface area contributed by atoms with Crippen LogP contribution in [0.2, 0.25) is 5.02 Å². The number of halogens is 1. The summed E-state index contributed by atoms with van der Waals surface area (Å²) >= 11 is 10.8. The zero-order valence-corrected chi connectivity index (χ0v) is 21.2. The van der Waals surface area contributed by atoms with Crippen molar-refractivity contribution in [2.24, 2.45) is 11.7 Å². The topological polar surface area (TPSA) is 52.3 Å². The number of thiol groups is 1. The van der Waals surface area contributed by atoms with E-state index in [1.54, 1.807) is 0 Å². The molecule has 0 aliphatic heterocycles. The Balaban J connectivity index is 1.42. The van der Waals surface area contributed by atoms with Gasteiger partial charge >= 0.3 is 0 Å². The molecule has 34 heavy (non-hydrogen) atoms. The lowest BCUT2D eigenvalue weighted by atomic mass is 9.76. The van der Waals surface area contributed by atoms with Gasteiger partial charge in [-0.05, 0) is 79.0 Å². The second-order valence-corrected chi connectivity index (χ2v) is 9.79. The summed E-state index contributed by atoms with van der Waals surface area (Å²) in [6.07, 6.45) is 3.88. The number of benzene rings is 3. The highest BCUT2D eigenvalue weighted by Gasteiger charge is 2.29. The summed E-state index contributed by atoms with van der Waals surface area (Å²) in [5, 5.41) is 0.730. The number of hydrogen-bond acceptors (Lipinski definition) is 4. The maximum absolute atomic E-state index is 12.4. The minimum atomic E-state index is -0.434. The molecule has 0 spiro atoms. The fourth-order valence-electron chi connectivity index (χ4n) is 4.88. The molecule has 0 bridgehead atoms. The number of carbonyl (C=O) groups excluding carboxylic acids is 1. The monoisotopic (exact) mass is 493 g/mol.